The van der Waals surface area contributed by atoms with Gasteiger partial charge in [-0.3, -0.25) is 0 Å². The second-order valence-electron chi connectivity index (χ2n) is 5.06. The zero-order valence-electron chi connectivity index (χ0n) is 11.5. The average molecular weight is 292 g/mol. The lowest BCUT2D eigenvalue weighted by Gasteiger charge is -2.24. The van der Waals surface area contributed by atoms with Crippen LogP contribution in [-0.4, -0.2) is 6.54 Å². The number of halogens is 2. The molecular formula is C17H19ClFN. The molecule has 0 aliphatic rings. The molecule has 2 unspecified atom stereocenters. The highest BCUT2D eigenvalue weighted by atomic mass is 35.5. The molecule has 3 heteroatoms. The summed E-state index contributed by atoms with van der Waals surface area (Å²) >= 11 is 5.89. The van der Waals surface area contributed by atoms with Crippen LogP contribution < -0.4 is 5.73 Å². The van der Waals surface area contributed by atoms with E-state index in [-0.39, 0.29) is 16.8 Å². The van der Waals surface area contributed by atoms with Crippen LogP contribution in [-0.2, 0) is 0 Å². The predicted molar refractivity (Wildman–Crippen MR) is 82.7 cm³/mol. The Bertz CT molecular complexity index is 556. The molecule has 2 aromatic rings. The maximum atomic E-state index is 13.3. The number of nitrogens with two attached hydrogens (primary N) is 1. The van der Waals surface area contributed by atoms with Gasteiger partial charge < -0.3 is 5.73 Å². The van der Waals surface area contributed by atoms with Crippen LogP contribution in [0.3, 0.4) is 0 Å². The van der Waals surface area contributed by atoms with E-state index in [1.54, 1.807) is 12.1 Å². The fourth-order valence-electron chi connectivity index (χ4n) is 2.61. The molecule has 0 fully saturated rings. The molecule has 2 aromatic carbocycles. The van der Waals surface area contributed by atoms with Crippen LogP contribution in [0.25, 0.3) is 0 Å². The van der Waals surface area contributed by atoms with Gasteiger partial charge in [0.1, 0.15) is 5.82 Å². The Morgan fingerprint density at radius 1 is 1.10 bits per heavy atom. The first-order chi connectivity index (χ1) is 9.63. The maximum Gasteiger partial charge on any atom is 0.141 e. The standard InChI is InChI=1S/C17H19ClFN/c1-12(14-7-8-17(19)16(18)11-14)15(9-10-20)13-5-3-2-4-6-13/h2-8,11-12,15H,9-10,20H2,1H3. The van der Waals surface area contributed by atoms with E-state index in [1.807, 2.05) is 18.2 Å². The summed E-state index contributed by atoms with van der Waals surface area (Å²) in [7, 11) is 0. The molecule has 20 heavy (non-hydrogen) atoms. The summed E-state index contributed by atoms with van der Waals surface area (Å²) in [5.74, 6) is 0.166. The molecule has 2 rings (SSSR count). The first kappa shape index (κ1) is 15.0. The van der Waals surface area contributed by atoms with Crippen LogP contribution in [0.5, 0.6) is 0 Å². The van der Waals surface area contributed by atoms with Crippen molar-refractivity contribution < 1.29 is 4.39 Å². The van der Waals surface area contributed by atoms with Crippen molar-refractivity contribution in [3.8, 4) is 0 Å². The van der Waals surface area contributed by atoms with Gasteiger partial charge in [-0.2, -0.15) is 0 Å². The van der Waals surface area contributed by atoms with Gasteiger partial charge in [0.05, 0.1) is 5.02 Å². The van der Waals surface area contributed by atoms with Crippen molar-refractivity contribution in [1.29, 1.82) is 0 Å². The fourth-order valence-corrected chi connectivity index (χ4v) is 2.80. The Kier molecular flexibility index (Phi) is 5.16. The molecule has 106 valence electrons. The molecule has 0 aromatic heterocycles. The maximum absolute atomic E-state index is 13.3. The number of hydrogen-bond donors (Lipinski definition) is 1. The second-order valence-corrected chi connectivity index (χ2v) is 5.46. The third kappa shape index (κ3) is 3.38. The minimum atomic E-state index is -0.377. The van der Waals surface area contributed by atoms with Crippen LogP contribution in [0.15, 0.2) is 48.5 Å². The second kappa shape index (κ2) is 6.87. The molecule has 0 aliphatic heterocycles. The fraction of sp³-hybridized carbons (Fsp3) is 0.294. The van der Waals surface area contributed by atoms with E-state index in [9.17, 15) is 4.39 Å². The van der Waals surface area contributed by atoms with E-state index < -0.39 is 0 Å². The van der Waals surface area contributed by atoms with Crippen LogP contribution >= 0.6 is 11.6 Å². The lowest BCUT2D eigenvalue weighted by molar-refractivity contribution is 0.540. The Morgan fingerprint density at radius 3 is 2.40 bits per heavy atom. The smallest absolute Gasteiger partial charge is 0.141 e. The van der Waals surface area contributed by atoms with E-state index in [0.717, 1.165) is 12.0 Å². The SMILES string of the molecule is CC(c1ccc(F)c(Cl)c1)C(CCN)c1ccccc1. The minimum absolute atomic E-state index is 0.175. The van der Waals surface area contributed by atoms with Gasteiger partial charge in [0.15, 0.2) is 0 Å². The molecule has 0 saturated carbocycles. The van der Waals surface area contributed by atoms with Gasteiger partial charge in [0.25, 0.3) is 0 Å². The molecule has 0 amide bonds. The van der Waals surface area contributed by atoms with E-state index in [1.165, 1.54) is 11.6 Å². The van der Waals surface area contributed by atoms with Crippen molar-refractivity contribution in [1.82, 2.24) is 0 Å². The lowest BCUT2D eigenvalue weighted by Crippen LogP contribution is -2.13. The van der Waals surface area contributed by atoms with Crippen molar-refractivity contribution in [3.63, 3.8) is 0 Å². The first-order valence-electron chi connectivity index (χ1n) is 6.83. The van der Waals surface area contributed by atoms with Crippen molar-refractivity contribution >= 4 is 11.6 Å². The van der Waals surface area contributed by atoms with Gasteiger partial charge in [0.2, 0.25) is 0 Å². The van der Waals surface area contributed by atoms with Crippen molar-refractivity contribution in [2.24, 2.45) is 5.73 Å². The third-order valence-electron chi connectivity index (χ3n) is 3.78. The molecule has 0 saturated heterocycles. The minimum Gasteiger partial charge on any atom is -0.330 e. The molecular weight excluding hydrogens is 273 g/mol. The summed E-state index contributed by atoms with van der Waals surface area (Å²) in [6.07, 6.45) is 0.889. The molecule has 1 nitrogen and oxygen atoms in total. The van der Waals surface area contributed by atoms with Crippen LogP contribution in [0, 0.1) is 5.82 Å². The van der Waals surface area contributed by atoms with Gasteiger partial charge in [-0.1, -0.05) is 54.9 Å². The number of benzene rings is 2. The van der Waals surface area contributed by atoms with Crippen molar-refractivity contribution in [2.75, 3.05) is 6.54 Å². The van der Waals surface area contributed by atoms with Gasteiger partial charge in [-0.25, -0.2) is 4.39 Å². The van der Waals surface area contributed by atoms with Crippen LogP contribution in [0.1, 0.15) is 36.3 Å². The van der Waals surface area contributed by atoms with E-state index in [4.69, 9.17) is 17.3 Å². The van der Waals surface area contributed by atoms with Gasteiger partial charge in [-0.15, -0.1) is 0 Å². The van der Waals surface area contributed by atoms with Gasteiger partial charge in [-0.05, 0) is 48.1 Å². The van der Waals surface area contributed by atoms with E-state index >= 15 is 0 Å². The van der Waals surface area contributed by atoms with Crippen molar-refractivity contribution in [3.05, 3.63) is 70.5 Å². The predicted octanol–water partition coefficient (Wildman–Crippen LogP) is 4.72. The van der Waals surface area contributed by atoms with Crippen LogP contribution in [0.4, 0.5) is 4.39 Å². The molecule has 0 heterocycles. The Labute approximate surface area is 124 Å². The topological polar surface area (TPSA) is 26.0 Å². The highest BCUT2D eigenvalue weighted by molar-refractivity contribution is 6.30. The molecule has 2 N–H and O–H groups in total. The lowest BCUT2D eigenvalue weighted by atomic mass is 9.80. The zero-order valence-corrected chi connectivity index (χ0v) is 12.3. The Hall–Kier alpha value is -1.38. The summed E-state index contributed by atoms with van der Waals surface area (Å²) in [6, 6.07) is 15.2. The highest BCUT2D eigenvalue weighted by Gasteiger charge is 2.20. The number of hydrogen-bond acceptors (Lipinski definition) is 1. The quantitative estimate of drug-likeness (QED) is 0.848. The van der Waals surface area contributed by atoms with Gasteiger partial charge in [0, 0.05) is 0 Å². The highest BCUT2D eigenvalue weighted by Crippen LogP contribution is 2.36. The molecule has 0 aliphatic carbocycles. The largest absolute Gasteiger partial charge is 0.330 e. The third-order valence-corrected chi connectivity index (χ3v) is 4.07. The van der Waals surface area contributed by atoms with Crippen molar-refractivity contribution in [2.45, 2.75) is 25.2 Å². The summed E-state index contributed by atoms with van der Waals surface area (Å²) in [6.45, 7) is 2.76. The zero-order chi connectivity index (χ0) is 14.5. The van der Waals surface area contributed by atoms with E-state index in [0.29, 0.717) is 12.5 Å². The monoisotopic (exact) mass is 291 g/mol. The van der Waals surface area contributed by atoms with Crippen LogP contribution in [0.2, 0.25) is 5.02 Å². The molecule has 0 spiro atoms. The normalized spacial score (nSPS) is 14.0. The molecule has 0 bridgehead atoms. The number of rotatable bonds is 5. The first-order valence-corrected chi connectivity index (χ1v) is 7.21. The summed E-state index contributed by atoms with van der Waals surface area (Å²) in [4.78, 5) is 0. The molecule has 0 radical (unpaired) electrons. The summed E-state index contributed by atoms with van der Waals surface area (Å²) < 4.78 is 13.3. The Morgan fingerprint density at radius 2 is 1.80 bits per heavy atom. The Balaban J connectivity index is 2.31. The summed E-state index contributed by atoms with van der Waals surface area (Å²) in [5, 5.41) is 0.175. The van der Waals surface area contributed by atoms with E-state index in [2.05, 4.69) is 19.1 Å². The van der Waals surface area contributed by atoms with Gasteiger partial charge >= 0.3 is 0 Å². The molecule has 2 atom stereocenters. The summed E-state index contributed by atoms with van der Waals surface area (Å²) in [5.41, 5.74) is 8.05. The average Bonchev–Trinajstić information content (AvgIpc) is 2.48.